The quantitative estimate of drug-likeness (QED) is 0.770. The second-order valence-corrected chi connectivity index (χ2v) is 6.38. The smallest absolute Gasteiger partial charge is 0.331 e. The average Bonchev–Trinajstić information content (AvgIpc) is 2.36. The van der Waals surface area contributed by atoms with Crippen LogP contribution in [0, 0.1) is 0 Å². The van der Waals surface area contributed by atoms with Gasteiger partial charge in [0.25, 0.3) is 0 Å². The summed E-state index contributed by atoms with van der Waals surface area (Å²) in [5.74, 6) is -0.228. The molecule has 1 aliphatic rings. The Morgan fingerprint density at radius 1 is 1.25 bits per heavy atom. The van der Waals surface area contributed by atoms with E-state index < -0.39 is 5.54 Å². The van der Waals surface area contributed by atoms with E-state index >= 15 is 0 Å². The number of fused-ring (bicyclic) bond motifs is 1. The molecular weight excluding hydrogens is 250 g/mol. The van der Waals surface area contributed by atoms with Crippen molar-refractivity contribution in [2.24, 2.45) is 0 Å². The number of hydrogen-bond donors (Lipinski definition) is 0. The highest BCUT2D eigenvalue weighted by atomic mass is 16.5. The van der Waals surface area contributed by atoms with Crippen molar-refractivity contribution in [3.8, 4) is 0 Å². The Bertz CT molecular complexity index is 570. The Kier molecular flexibility index (Phi) is 3.41. The van der Waals surface area contributed by atoms with E-state index in [0.717, 1.165) is 5.69 Å². The molecule has 0 amide bonds. The number of benzene rings is 1. The second kappa shape index (κ2) is 4.65. The SMILES string of the molecule is COC(=O)C(C)(C)N1c2ccccc2C(C)=CC1(C)C. The molecule has 1 aromatic carbocycles. The van der Waals surface area contributed by atoms with Gasteiger partial charge in [0.15, 0.2) is 0 Å². The lowest BCUT2D eigenvalue weighted by Gasteiger charge is -2.50. The molecule has 1 heterocycles. The molecule has 0 saturated carbocycles. The molecule has 0 atom stereocenters. The number of esters is 1. The number of allylic oxidation sites excluding steroid dienone is 1. The summed E-state index contributed by atoms with van der Waals surface area (Å²) in [7, 11) is 1.44. The van der Waals surface area contributed by atoms with Gasteiger partial charge in [0.1, 0.15) is 5.54 Å². The van der Waals surface area contributed by atoms with E-state index in [-0.39, 0.29) is 11.5 Å². The summed E-state index contributed by atoms with van der Waals surface area (Å²) in [5, 5.41) is 0. The first kappa shape index (κ1) is 14.6. The van der Waals surface area contributed by atoms with Crippen LogP contribution in [0.5, 0.6) is 0 Å². The van der Waals surface area contributed by atoms with Gasteiger partial charge in [-0.05, 0) is 46.3 Å². The fourth-order valence-electron chi connectivity index (χ4n) is 3.35. The zero-order valence-corrected chi connectivity index (χ0v) is 13.2. The number of nitrogens with zero attached hydrogens (tertiary/aromatic N) is 1. The van der Waals surface area contributed by atoms with Crippen molar-refractivity contribution in [3.05, 3.63) is 35.9 Å². The van der Waals surface area contributed by atoms with Gasteiger partial charge < -0.3 is 9.64 Å². The summed E-state index contributed by atoms with van der Waals surface area (Å²) in [6.07, 6.45) is 2.21. The Morgan fingerprint density at radius 3 is 2.45 bits per heavy atom. The van der Waals surface area contributed by atoms with Crippen LogP contribution >= 0.6 is 0 Å². The number of methoxy groups -OCH3 is 1. The van der Waals surface area contributed by atoms with Gasteiger partial charge in [-0.2, -0.15) is 0 Å². The van der Waals surface area contributed by atoms with Gasteiger partial charge >= 0.3 is 5.97 Å². The third-order valence-corrected chi connectivity index (χ3v) is 3.96. The summed E-state index contributed by atoms with van der Waals surface area (Å²) in [6.45, 7) is 10.2. The van der Waals surface area contributed by atoms with E-state index in [9.17, 15) is 4.79 Å². The van der Waals surface area contributed by atoms with Gasteiger partial charge in [-0.15, -0.1) is 0 Å². The summed E-state index contributed by atoms with van der Waals surface area (Å²) in [6, 6.07) is 8.20. The molecule has 0 unspecified atom stereocenters. The minimum Gasteiger partial charge on any atom is -0.467 e. The lowest BCUT2D eigenvalue weighted by Crippen LogP contribution is -2.60. The van der Waals surface area contributed by atoms with Crippen LogP contribution in [0.3, 0.4) is 0 Å². The number of carbonyl (C=O) groups is 1. The minimum absolute atomic E-state index is 0.228. The summed E-state index contributed by atoms with van der Waals surface area (Å²) >= 11 is 0. The third-order valence-electron chi connectivity index (χ3n) is 3.96. The topological polar surface area (TPSA) is 29.5 Å². The van der Waals surface area contributed by atoms with Crippen LogP contribution in [0.1, 0.15) is 40.2 Å². The maximum Gasteiger partial charge on any atom is 0.331 e. The molecule has 3 nitrogen and oxygen atoms in total. The van der Waals surface area contributed by atoms with Crippen molar-refractivity contribution < 1.29 is 9.53 Å². The zero-order valence-electron chi connectivity index (χ0n) is 13.2. The van der Waals surface area contributed by atoms with Crippen LogP contribution in [-0.2, 0) is 9.53 Å². The van der Waals surface area contributed by atoms with Crippen molar-refractivity contribution in [3.63, 3.8) is 0 Å². The first-order chi connectivity index (χ1) is 9.21. The van der Waals surface area contributed by atoms with Gasteiger partial charge in [-0.3, -0.25) is 0 Å². The third kappa shape index (κ3) is 2.11. The molecular formula is C17H23NO2. The standard InChI is InChI=1S/C17H23NO2/c1-12-11-16(2,3)18(17(4,5)15(19)20-6)14-10-8-7-9-13(12)14/h7-11H,1-6H3. The number of anilines is 1. The molecule has 2 rings (SSSR count). The number of ether oxygens (including phenoxy) is 1. The van der Waals surface area contributed by atoms with Crippen LogP contribution in [-0.4, -0.2) is 24.2 Å². The van der Waals surface area contributed by atoms with Crippen molar-refractivity contribution in [2.75, 3.05) is 12.0 Å². The Balaban J connectivity index is 2.65. The molecule has 0 N–H and O–H groups in total. The van der Waals surface area contributed by atoms with E-state index in [4.69, 9.17) is 4.74 Å². The Morgan fingerprint density at radius 2 is 1.85 bits per heavy atom. The van der Waals surface area contributed by atoms with E-state index in [1.165, 1.54) is 18.2 Å². The Hall–Kier alpha value is -1.77. The fraction of sp³-hybridized carbons (Fsp3) is 0.471. The van der Waals surface area contributed by atoms with Gasteiger partial charge in [-0.25, -0.2) is 4.79 Å². The normalized spacial score (nSPS) is 17.3. The monoisotopic (exact) mass is 273 g/mol. The van der Waals surface area contributed by atoms with Crippen molar-refractivity contribution in [2.45, 2.75) is 45.7 Å². The van der Waals surface area contributed by atoms with Gasteiger partial charge in [0.2, 0.25) is 0 Å². The maximum atomic E-state index is 12.2. The Labute approximate surface area is 121 Å². The van der Waals surface area contributed by atoms with Crippen LogP contribution in [0.25, 0.3) is 5.57 Å². The highest BCUT2D eigenvalue weighted by Crippen LogP contribution is 2.43. The highest BCUT2D eigenvalue weighted by molar-refractivity contribution is 5.90. The molecule has 1 aliphatic heterocycles. The first-order valence-corrected chi connectivity index (χ1v) is 6.89. The fourth-order valence-corrected chi connectivity index (χ4v) is 3.35. The lowest BCUT2D eigenvalue weighted by atomic mass is 9.84. The maximum absolute atomic E-state index is 12.2. The summed E-state index contributed by atoms with van der Waals surface area (Å²) in [5.41, 5.74) is 2.50. The van der Waals surface area contributed by atoms with Gasteiger partial charge in [0, 0.05) is 11.3 Å². The van der Waals surface area contributed by atoms with Crippen LogP contribution in [0.15, 0.2) is 30.3 Å². The minimum atomic E-state index is -0.731. The second-order valence-electron chi connectivity index (χ2n) is 6.38. The van der Waals surface area contributed by atoms with E-state index in [0.29, 0.717) is 0 Å². The number of rotatable bonds is 2. The van der Waals surface area contributed by atoms with Crippen molar-refractivity contribution in [1.82, 2.24) is 0 Å². The van der Waals surface area contributed by atoms with Crippen LogP contribution in [0.4, 0.5) is 5.69 Å². The molecule has 3 heteroatoms. The van der Waals surface area contributed by atoms with Crippen molar-refractivity contribution >= 4 is 17.2 Å². The molecule has 0 aliphatic carbocycles. The molecule has 0 bridgehead atoms. The first-order valence-electron chi connectivity index (χ1n) is 6.89. The number of para-hydroxylation sites is 1. The molecule has 0 saturated heterocycles. The molecule has 0 spiro atoms. The molecule has 20 heavy (non-hydrogen) atoms. The summed E-state index contributed by atoms with van der Waals surface area (Å²) < 4.78 is 5.00. The molecule has 0 aromatic heterocycles. The highest BCUT2D eigenvalue weighted by Gasteiger charge is 2.45. The summed E-state index contributed by atoms with van der Waals surface area (Å²) in [4.78, 5) is 14.4. The van der Waals surface area contributed by atoms with Gasteiger partial charge in [0.05, 0.1) is 12.6 Å². The lowest BCUT2D eigenvalue weighted by molar-refractivity contribution is -0.146. The number of carbonyl (C=O) groups excluding carboxylic acids is 1. The molecule has 108 valence electrons. The van der Waals surface area contributed by atoms with E-state index in [2.05, 4.69) is 43.9 Å². The van der Waals surface area contributed by atoms with Crippen LogP contribution < -0.4 is 4.90 Å². The molecule has 1 aromatic rings. The predicted octanol–water partition coefficient (Wildman–Crippen LogP) is 3.64. The average molecular weight is 273 g/mol. The predicted molar refractivity (Wildman–Crippen MR) is 82.7 cm³/mol. The largest absolute Gasteiger partial charge is 0.467 e. The van der Waals surface area contributed by atoms with E-state index in [1.54, 1.807) is 0 Å². The van der Waals surface area contributed by atoms with Crippen LogP contribution in [0.2, 0.25) is 0 Å². The molecule has 0 radical (unpaired) electrons. The van der Waals surface area contributed by atoms with Gasteiger partial charge in [-0.1, -0.05) is 24.3 Å². The molecule has 0 fully saturated rings. The van der Waals surface area contributed by atoms with E-state index in [1.807, 2.05) is 26.0 Å². The number of hydrogen-bond acceptors (Lipinski definition) is 3. The zero-order chi connectivity index (χ0) is 15.1. The van der Waals surface area contributed by atoms with Crippen molar-refractivity contribution in [1.29, 1.82) is 0 Å².